The molecule has 1 aliphatic rings. The molecule has 1 unspecified atom stereocenters. The molecule has 0 radical (unpaired) electrons. The molecule has 0 saturated heterocycles. The van der Waals surface area contributed by atoms with Crippen LogP contribution in [0.1, 0.15) is 45.8 Å². The molecule has 0 bridgehead atoms. The highest BCUT2D eigenvalue weighted by Crippen LogP contribution is 2.40. The average molecular weight is 445 g/mol. The molecule has 4 rings (SSSR count). The maximum Gasteiger partial charge on any atom is 0.235 e. The summed E-state index contributed by atoms with van der Waals surface area (Å²) in [5, 5.41) is 30.4. The first-order chi connectivity index (χ1) is 15.6. The number of thioether (sulfide) groups is 1. The van der Waals surface area contributed by atoms with Crippen molar-refractivity contribution in [2.24, 2.45) is 5.73 Å². The number of nitrogens with two attached hydrogens (primary N) is 1. The van der Waals surface area contributed by atoms with Gasteiger partial charge in [-0.15, -0.1) is 5.10 Å². The Bertz CT molecular complexity index is 1240. The number of pyridine rings is 1. The van der Waals surface area contributed by atoms with Crippen LogP contribution in [0.25, 0.3) is 0 Å². The molecule has 0 fully saturated rings. The number of carbonyl (C=O) groups excluding carboxylic acids is 1. The van der Waals surface area contributed by atoms with E-state index in [1.54, 1.807) is 0 Å². The first-order valence-corrected chi connectivity index (χ1v) is 11.0. The highest BCUT2D eigenvalue weighted by atomic mass is 32.2. The van der Waals surface area contributed by atoms with Crippen LogP contribution in [0, 0.1) is 22.7 Å². The summed E-state index contributed by atoms with van der Waals surface area (Å²) in [6.45, 7) is 2.96. The monoisotopic (exact) mass is 444 g/mol. The smallest absolute Gasteiger partial charge is 0.235 e. The maximum absolute atomic E-state index is 12.3. The van der Waals surface area contributed by atoms with Crippen LogP contribution >= 0.6 is 11.8 Å². The molecule has 10 heteroatoms. The maximum atomic E-state index is 12.3. The summed E-state index contributed by atoms with van der Waals surface area (Å²) < 4.78 is 0. The van der Waals surface area contributed by atoms with Crippen molar-refractivity contribution in [2.45, 2.75) is 36.6 Å². The Morgan fingerprint density at radius 2 is 2.03 bits per heavy atom. The zero-order valence-corrected chi connectivity index (χ0v) is 18.2. The second-order valence-corrected chi connectivity index (χ2v) is 8.36. The van der Waals surface area contributed by atoms with Crippen LogP contribution < -0.4 is 10.6 Å². The number of primary amides is 1. The predicted molar refractivity (Wildman–Crippen MR) is 118 cm³/mol. The second kappa shape index (κ2) is 9.08. The third-order valence-electron chi connectivity index (χ3n) is 5.39. The van der Waals surface area contributed by atoms with Gasteiger partial charge in [-0.05, 0) is 17.5 Å². The standard InChI is InChI=1S/C22H20N8OS/c1-2-14-15(10-23)21(30-9-8-17-18(12-30)28-29-27-17)26-22(16(14)11-24)32-19(20(25)31)13-6-4-3-5-7-13/h3-7,19H,2,8-9,12H2,1H3,(H2,25,31)(H,27,28,29). The number of rotatable bonds is 6. The molecule has 1 atom stereocenters. The molecule has 32 heavy (non-hydrogen) atoms. The van der Waals surface area contributed by atoms with E-state index in [4.69, 9.17) is 10.7 Å². The zero-order valence-electron chi connectivity index (χ0n) is 17.4. The SMILES string of the molecule is CCc1c(C#N)c(SC(C(N)=O)c2ccccc2)nc(N2CCc3[nH]nnc3C2)c1C#N. The zero-order chi connectivity index (χ0) is 22.7. The van der Waals surface area contributed by atoms with E-state index < -0.39 is 11.2 Å². The molecule has 3 N–H and O–H groups in total. The number of carbonyl (C=O) groups is 1. The van der Waals surface area contributed by atoms with Crippen LogP contribution in [0.15, 0.2) is 35.4 Å². The molecule has 1 aromatic carbocycles. The van der Waals surface area contributed by atoms with Crippen molar-refractivity contribution in [3.8, 4) is 12.1 Å². The highest BCUT2D eigenvalue weighted by molar-refractivity contribution is 8.00. The van der Waals surface area contributed by atoms with Crippen molar-refractivity contribution >= 4 is 23.5 Å². The molecule has 3 heterocycles. The van der Waals surface area contributed by atoms with Crippen molar-refractivity contribution in [1.29, 1.82) is 10.5 Å². The molecule has 0 saturated carbocycles. The van der Waals surface area contributed by atoms with Gasteiger partial charge < -0.3 is 10.6 Å². The number of hydrogen-bond donors (Lipinski definition) is 2. The molecule has 2 aromatic heterocycles. The Balaban J connectivity index is 1.82. The first-order valence-electron chi connectivity index (χ1n) is 10.1. The lowest BCUT2D eigenvalue weighted by molar-refractivity contribution is -0.117. The fourth-order valence-electron chi connectivity index (χ4n) is 3.81. The Morgan fingerprint density at radius 1 is 1.28 bits per heavy atom. The number of nitriles is 2. The number of H-pyrrole nitrogens is 1. The number of hydrogen-bond acceptors (Lipinski definition) is 8. The summed E-state index contributed by atoms with van der Waals surface area (Å²) in [6, 6.07) is 13.6. The van der Waals surface area contributed by atoms with E-state index in [1.807, 2.05) is 42.2 Å². The van der Waals surface area contributed by atoms with E-state index in [1.165, 1.54) is 0 Å². The van der Waals surface area contributed by atoms with E-state index in [2.05, 4.69) is 27.5 Å². The lowest BCUT2D eigenvalue weighted by Crippen LogP contribution is -2.32. The topological polar surface area (TPSA) is 148 Å². The number of nitrogens with zero attached hydrogens (tertiary/aromatic N) is 6. The minimum absolute atomic E-state index is 0.305. The summed E-state index contributed by atoms with van der Waals surface area (Å²) in [5.41, 5.74) is 9.50. The molecule has 3 aromatic rings. The predicted octanol–water partition coefficient (Wildman–Crippen LogP) is 2.39. The molecule has 0 spiro atoms. The molecule has 9 nitrogen and oxygen atoms in total. The van der Waals surface area contributed by atoms with Crippen LogP contribution in [-0.4, -0.2) is 32.8 Å². The first kappa shape index (κ1) is 21.3. The average Bonchev–Trinajstić information content (AvgIpc) is 3.29. The van der Waals surface area contributed by atoms with Crippen LogP contribution in [0.2, 0.25) is 0 Å². The number of aromatic nitrogens is 4. The third kappa shape index (κ3) is 3.88. The van der Waals surface area contributed by atoms with Crippen molar-refractivity contribution in [1.82, 2.24) is 20.4 Å². The van der Waals surface area contributed by atoms with E-state index in [0.717, 1.165) is 28.7 Å². The second-order valence-electron chi connectivity index (χ2n) is 7.27. The van der Waals surface area contributed by atoms with Gasteiger partial charge in [0.25, 0.3) is 0 Å². The normalized spacial score (nSPS) is 13.7. The van der Waals surface area contributed by atoms with E-state index >= 15 is 0 Å². The summed E-state index contributed by atoms with van der Waals surface area (Å²) >= 11 is 1.14. The van der Waals surface area contributed by atoms with E-state index in [0.29, 0.717) is 53.5 Å². The van der Waals surface area contributed by atoms with Gasteiger partial charge in [0.1, 0.15) is 33.9 Å². The van der Waals surface area contributed by atoms with E-state index in [-0.39, 0.29) is 0 Å². The van der Waals surface area contributed by atoms with Gasteiger partial charge >= 0.3 is 0 Å². The van der Waals surface area contributed by atoms with Gasteiger partial charge in [0, 0.05) is 13.0 Å². The fourth-order valence-corrected chi connectivity index (χ4v) is 4.87. The Hall–Kier alpha value is -3.89. The Labute approximate surface area is 189 Å². The van der Waals surface area contributed by atoms with E-state index in [9.17, 15) is 15.3 Å². The number of benzene rings is 1. The van der Waals surface area contributed by atoms with Gasteiger partial charge in [-0.25, -0.2) is 4.98 Å². The van der Waals surface area contributed by atoms with Gasteiger partial charge in [0.2, 0.25) is 5.91 Å². The van der Waals surface area contributed by atoms with Gasteiger partial charge in [-0.3, -0.25) is 9.89 Å². The number of nitrogens with one attached hydrogen (secondary N) is 1. The number of aromatic amines is 1. The van der Waals surface area contributed by atoms with Gasteiger partial charge in [-0.1, -0.05) is 54.2 Å². The van der Waals surface area contributed by atoms with Crippen molar-refractivity contribution < 1.29 is 4.79 Å². The largest absolute Gasteiger partial charge is 0.368 e. The molecular weight excluding hydrogens is 424 g/mol. The molecular formula is C22H20N8OS. The summed E-state index contributed by atoms with van der Waals surface area (Å²) in [7, 11) is 0. The molecule has 160 valence electrons. The van der Waals surface area contributed by atoms with Crippen LogP contribution in [0.4, 0.5) is 5.82 Å². The van der Waals surface area contributed by atoms with Gasteiger partial charge in [0.05, 0.1) is 23.4 Å². The van der Waals surface area contributed by atoms with Gasteiger partial charge in [0.15, 0.2) is 0 Å². The minimum atomic E-state index is -0.718. The van der Waals surface area contributed by atoms with Crippen LogP contribution in [-0.2, 0) is 24.2 Å². The molecule has 0 aliphatic carbocycles. The third-order valence-corrected chi connectivity index (χ3v) is 6.65. The fraction of sp³-hybridized carbons (Fsp3) is 0.273. The lowest BCUT2D eigenvalue weighted by atomic mass is 10.0. The molecule has 1 aliphatic heterocycles. The summed E-state index contributed by atoms with van der Waals surface area (Å²) in [4.78, 5) is 19.0. The lowest BCUT2D eigenvalue weighted by Gasteiger charge is -2.29. The number of anilines is 1. The quantitative estimate of drug-likeness (QED) is 0.551. The summed E-state index contributed by atoms with van der Waals surface area (Å²) in [6.07, 6.45) is 1.16. The van der Waals surface area contributed by atoms with Crippen LogP contribution in [0.3, 0.4) is 0 Å². The number of amides is 1. The van der Waals surface area contributed by atoms with Crippen LogP contribution in [0.5, 0.6) is 0 Å². The highest BCUT2D eigenvalue weighted by Gasteiger charge is 2.29. The Morgan fingerprint density at radius 3 is 2.69 bits per heavy atom. The van der Waals surface area contributed by atoms with Crippen molar-refractivity contribution in [3.05, 3.63) is 64.0 Å². The minimum Gasteiger partial charge on any atom is -0.368 e. The van der Waals surface area contributed by atoms with Crippen molar-refractivity contribution in [2.75, 3.05) is 11.4 Å². The summed E-state index contributed by atoms with van der Waals surface area (Å²) in [5.74, 6) is -0.0446. The number of fused-ring (bicyclic) bond motifs is 1. The Kier molecular flexibility index (Phi) is 6.06. The van der Waals surface area contributed by atoms with Crippen molar-refractivity contribution in [3.63, 3.8) is 0 Å². The molecule has 1 amide bonds. The van der Waals surface area contributed by atoms with Gasteiger partial charge in [-0.2, -0.15) is 10.5 Å².